The van der Waals surface area contributed by atoms with Crippen LogP contribution in [-0.2, 0) is 18.9 Å². The Morgan fingerprint density at radius 3 is 1.84 bits per heavy atom. The van der Waals surface area contributed by atoms with Gasteiger partial charge in [-0.3, -0.25) is 5.41 Å². The van der Waals surface area contributed by atoms with E-state index >= 15 is 0 Å². The normalized spacial score (nSPS) is 23.1. The fraction of sp³-hybridized carbons (Fsp3) is 0.917. The van der Waals surface area contributed by atoms with Crippen molar-refractivity contribution in [3.63, 3.8) is 0 Å². The highest BCUT2D eigenvalue weighted by Crippen LogP contribution is 1.83. The van der Waals surface area contributed by atoms with E-state index in [1.807, 2.05) is 0 Å². The Morgan fingerprint density at radius 2 is 1.21 bits per heavy atom. The molecule has 0 spiro atoms. The van der Waals surface area contributed by atoms with Crippen molar-refractivity contribution in [3.8, 4) is 0 Å². The predicted octanol–water partition coefficient (Wildman–Crippen LogP) is -0.777. The molecule has 0 aromatic rings. The zero-order valence-corrected chi connectivity index (χ0v) is 11.4. The van der Waals surface area contributed by atoms with Crippen LogP contribution >= 0.6 is 0 Å². The Hall–Kier alpha value is -0.730. The molecule has 0 aromatic carbocycles. The van der Waals surface area contributed by atoms with Gasteiger partial charge in [0.05, 0.1) is 33.0 Å². The fourth-order valence-electron chi connectivity index (χ4n) is 1.46. The van der Waals surface area contributed by atoms with Gasteiger partial charge in [0.2, 0.25) is 5.90 Å². The Morgan fingerprint density at radius 1 is 0.684 bits per heavy atom. The third-order valence-electron chi connectivity index (χ3n) is 2.43. The van der Waals surface area contributed by atoms with E-state index in [1.165, 1.54) is 0 Å². The molecule has 19 heavy (non-hydrogen) atoms. The molecule has 0 saturated carbocycles. The number of ether oxygens (including phenoxy) is 4. The van der Waals surface area contributed by atoms with Crippen molar-refractivity contribution in [1.29, 1.82) is 5.41 Å². The van der Waals surface area contributed by atoms with E-state index in [2.05, 4.69) is 10.6 Å². The van der Waals surface area contributed by atoms with Crippen LogP contribution in [0.4, 0.5) is 0 Å². The summed E-state index contributed by atoms with van der Waals surface area (Å²) >= 11 is 0. The fourth-order valence-corrected chi connectivity index (χ4v) is 1.46. The van der Waals surface area contributed by atoms with Crippen LogP contribution in [0, 0.1) is 5.41 Å². The van der Waals surface area contributed by atoms with Gasteiger partial charge in [0.25, 0.3) is 0 Å². The maximum atomic E-state index is 7.52. The summed E-state index contributed by atoms with van der Waals surface area (Å²) in [6.45, 7) is 6.83. The van der Waals surface area contributed by atoms with Crippen molar-refractivity contribution in [3.05, 3.63) is 0 Å². The molecule has 1 rings (SSSR count). The molecule has 7 nitrogen and oxygen atoms in total. The molecule has 7 heteroatoms. The lowest BCUT2D eigenvalue weighted by atomic mass is 10.6. The minimum atomic E-state index is 0.169. The van der Waals surface area contributed by atoms with Crippen molar-refractivity contribution in [2.75, 3.05) is 72.4 Å². The van der Waals surface area contributed by atoms with E-state index < -0.39 is 0 Å². The molecule has 1 aliphatic heterocycles. The zero-order valence-electron chi connectivity index (χ0n) is 11.4. The van der Waals surface area contributed by atoms with Gasteiger partial charge < -0.3 is 29.6 Å². The minimum Gasteiger partial charge on any atom is -0.478 e. The molecule has 3 N–H and O–H groups in total. The molecule has 0 radical (unpaired) electrons. The molecule has 0 atom stereocenters. The Labute approximate surface area is 114 Å². The third-order valence-corrected chi connectivity index (χ3v) is 2.43. The van der Waals surface area contributed by atoms with Crippen molar-refractivity contribution < 1.29 is 18.9 Å². The minimum absolute atomic E-state index is 0.169. The van der Waals surface area contributed by atoms with Gasteiger partial charge in [0.1, 0.15) is 13.2 Å². The van der Waals surface area contributed by atoms with Gasteiger partial charge in [-0.2, -0.15) is 0 Å². The molecule has 0 aliphatic carbocycles. The lowest BCUT2D eigenvalue weighted by Gasteiger charge is -2.11. The molecule has 1 aliphatic rings. The smallest absolute Gasteiger partial charge is 0.207 e. The molecular weight excluding hydrogens is 250 g/mol. The van der Waals surface area contributed by atoms with E-state index in [0.29, 0.717) is 46.2 Å². The number of nitrogens with one attached hydrogen (secondary N) is 3. The highest BCUT2D eigenvalue weighted by molar-refractivity contribution is 5.73. The Balaban J connectivity index is 2.10. The van der Waals surface area contributed by atoms with Crippen LogP contribution in [0.5, 0.6) is 0 Å². The van der Waals surface area contributed by atoms with Gasteiger partial charge in [-0.1, -0.05) is 0 Å². The summed E-state index contributed by atoms with van der Waals surface area (Å²) in [6.07, 6.45) is 0. The first-order valence-electron chi connectivity index (χ1n) is 6.74. The highest BCUT2D eigenvalue weighted by atomic mass is 16.5. The highest BCUT2D eigenvalue weighted by Gasteiger charge is 1.99. The van der Waals surface area contributed by atoms with Crippen LogP contribution in [0.25, 0.3) is 0 Å². The molecule has 112 valence electrons. The second kappa shape index (κ2) is 12.3. The molecule has 0 bridgehead atoms. The summed E-state index contributed by atoms with van der Waals surface area (Å²) in [5.74, 6) is 0.169. The average molecular weight is 275 g/mol. The topological polar surface area (TPSA) is 84.8 Å². The largest absolute Gasteiger partial charge is 0.478 e. The van der Waals surface area contributed by atoms with E-state index in [4.69, 9.17) is 24.4 Å². The van der Waals surface area contributed by atoms with Crippen LogP contribution < -0.4 is 10.6 Å². The maximum Gasteiger partial charge on any atom is 0.207 e. The Bertz CT molecular complexity index is 209. The first-order chi connectivity index (χ1) is 9.39. The SMILES string of the molecule is N=C1COCCNCCOCCOCCNCCO1. The van der Waals surface area contributed by atoms with Crippen LogP contribution in [0.1, 0.15) is 0 Å². The lowest BCUT2D eigenvalue weighted by molar-refractivity contribution is 0.0488. The zero-order chi connectivity index (χ0) is 13.6. The summed E-state index contributed by atoms with van der Waals surface area (Å²) in [6, 6.07) is 0. The van der Waals surface area contributed by atoms with E-state index in [9.17, 15) is 0 Å². The van der Waals surface area contributed by atoms with E-state index in [-0.39, 0.29) is 12.5 Å². The van der Waals surface area contributed by atoms with Crippen LogP contribution in [0.15, 0.2) is 0 Å². The summed E-state index contributed by atoms with van der Waals surface area (Å²) in [5.41, 5.74) is 0. The van der Waals surface area contributed by atoms with Crippen molar-refractivity contribution in [2.24, 2.45) is 0 Å². The predicted molar refractivity (Wildman–Crippen MR) is 71.9 cm³/mol. The van der Waals surface area contributed by atoms with Crippen LogP contribution in [0.3, 0.4) is 0 Å². The summed E-state index contributed by atoms with van der Waals surface area (Å²) in [5, 5.41) is 13.9. The van der Waals surface area contributed by atoms with Crippen LogP contribution in [0.2, 0.25) is 0 Å². The molecule has 1 fully saturated rings. The van der Waals surface area contributed by atoms with Gasteiger partial charge in [0.15, 0.2) is 0 Å². The first kappa shape index (κ1) is 16.3. The monoisotopic (exact) mass is 275 g/mol. The lowest BCUT2D eigenvalue weighted by Crippen LogP contribution is -2.28. The molecular formula is C12H25N3O4. The van der Waals surface area contributed by atoms with Crippen LogP contribution in [-0.4, -0.2) is 78.3 Å². The van der Waals surface area contributed by atoms with E-state index in [0.717, 1.165) is 19.6 Å². The Kier molecular flexibility index (Phi) is 10.6. The standard InChI is InChI=1S/C12H25N3O4/c13-12-11-18-7-3-14-1-5-16-9-10-17-6-2-15-4-8-19-12/h13-15H,1-11H2. The molecule has 1 saturated heterocycles. The van der Waals surface area contributed by atoms with Gasteiger partial charge in [0, 0.05) is 26.2 Å². The molecule has 0 aromatic heterocycles. The molecule has 0 amide bonds. The average Bonchev–Trinajstić information content (AvgIpc) is 2.41. The molecule has 0 unspecified atom stereocenters. The van der Waals surface area contributed by atoms with Crippen molar-refractivity contribution >= 4 is 5.90 Å². The van der Waals surface area contributed by atoms with Gasteiger partial charge >= 0.3 is 0 Å². The number of hydrogen-bond donors (Lipinski definition) is 3. The van der Waals surface area contributed by atoms with Crippen molar-refractivity contribution in [1.82, 2.24) is 10.6 Å². The van der Waals surface area contributed by atoms with E-state index in [1.54, 1.807) is 0 Å². The number of rotatable bonds is 0. The molecule has 1 heterocycles. The second-order valence-corrected chi connectivity index (χ2v) is 4.05. The first-order valence-corrected chi connectivity index (χ1v) is 6.74. The van der Waals surface area contributed by atoms with Gasteiger partial charge in [-0.15, -0.1) is 0 Å². The van der Waals surface area contributed by atoms with Crippen molar-refractivity contribution in [2.45, 2.75) is 0 Å². The summed E-state index contributed by atoms with van der Waals surface area (Å²) in [4.78, 5) is 0. The summed E-state index contributed by atoms with van der Waals surface area (Å²) < 4.78 is 21.3. The second-order valence-electron chi connectivity index (χ2n) is 4.05. The number of hydrogen-bond acceptors (Lipinski definition) is 7. The van der Waals surface area contributed by atoms with Gasteiger partial charge in [-0.25, -0.2) is 0 Å². The quantitative estimate of drug-likeness (QED) is 0.538. The third kappa shape index (κ3) is 10.8. The maximum absolute atomic E-state index is 7.52. The van der Waals surface area contributed by atoms with Gasteiger partial charge in [-0.05, 0) is 0 Å². The summed E-state index contributed by atoms with van der Waals surface area (Å²) in [7, 11) is 0.